The molecule has 1 rings (SSSR count). The van der Waals surface area contributed by atoms with Gasteiger partial charge in [-0.25, -0.2) is 13.1 Å². The molecule has 90 valence electrons. The first-order valence-electron chi connectivity index (χ1n) is 4.53. The molecule has 0 aliphatic rings. The monoisotopic (exact) mass is 370 g/mol. The van der Waals surface area contributed by atoms with E-state index in [1.165, 1.54) is 6.07 Å². The van der Waals surface area contributed by atoms with E-state index in [-0.39, 0.29) is 17.5 Å². The van der Waals surface area contributed by atoms with Gasteiger partial charge in [0.15, 0.2) is 0 Å². The van der Waals surface area contributed by atoms with Crippen LogP contribution >= 0.6 is 31.9 Å². The predicted octanol–water partition coefficient (Wildman–Crippen LogP) is 1.84. The highest BCUT2D eigenvalue weighted by atomic mass is 79.9. The van der Waals surface area contributed by atoms with Crippen LogP contribution in [0.4, 0.5) is 0 Å². The SMILES string of the molecule is CC(N)CNS(=O)(=O)c1cc(Br)ccc1Br. The quantitative estimate of drug-likeness (QED) is 0.848. The van der Waals surface area contributed by atoms with E-state index in [9.17, 15) is 8.42 Å². The van der Waals surface area contributed by atoms with Gasteiger partial charge in [-0.15, -0.1) is 0 Å². The van der Waals surface area contributed by atoms with Crippen LogP contribution in [0.15, 0.2) is 32.0 Å². The zero-order valence-corrected chi connectivity index (χ0v) is 12.6. The lowest BCUT2D eigenvalue weighted by Gasteiger charge is -2.10. The second-order valence-corrected chi connectivity index (χ2v) is 6.91. The van der Waals surface area contributed by atoms with Crippen LogP contribution in [0, 0.1) is 0 Å². The van der Waals surface area contributed by atoms with Gasteiger partial charge >= 0.3 is 0 Å². The lowest BCUT2D eigenvalue weighted by Crippen LogP contribution is -2.35. The minimum atomic E-state index is -3.52. The zero-order chi connectivity index (χ0) is 12.3. The van der Waals surface area contributed by atoms with Crippen molar-refractivity contribution < 1.29 is 8.42 Å². The zero-order valence-electron chi connectivity index (χ0n) is 8.57. The minimum Gasteiger partial charge on any atom is -0.327 e. The molecule has 0 aliphatic heterocycles. The summed E-state index contributed by atoms with van der Waals surface area (Å²) in [6.07, 6.45) is 0. The van der Waals surface area contributed by atoms with E-state index >= 15 is 0 Å². The Labute approximate surface area is 112 Å². The number of nitrogens with two attached hydrogens (primary N) is 1. The molecule has 0 aliphatic carbocycles. The summed E-state index contributed by atoms with van der Waals surface area (Å²) in [7, 11) is -3.52. The van der Waals surface area contributed by atoms with E-state index in [1.807, 2.05) is 0 Å². The Hall–Kier alpha value is 0.0500. The van der Waals surface area contributed by atoms with E-state index < -0.39 is 10.0 Å². The number of rotatable bonds is 4. The molecule has 0 saturated carbocycles. The van der Waals surface area contributed by atoms with Crippen molar-refractivity contribution in [2.45, 2.75) is 17.9 Å². The Balaban J connectivity index is 3.02. The second-order valence-electron chi connectivity index (χ2n) is 3.40. The highest BCUT2D eigenvalue weighted by Crippen LogP contribution is 2.25. The first-order chi connectivity index (χ1) is 7.33. The molecule has 4 nitrogen and oxygen atoms in total. The van der Waals surface area contributed by atoms with Gasteiger partial charge in [0, 0.05) is 21.5 Å². The molecule has 0 heterocycles. The summed E-state index contributed by atoms with van der Waals surface area (Å²) in [4.78, 5) is 0.197. The van der Waals surface area contributed by atoms with Gasteiger partial charge in [0.05, 0.1) is 4.90 Å². The number of halogens is 2. The van der Waals surface area contributed by atoms with Crippen molar-refractivity contribution in [3.05, 3.63) is 27.1 Å². The molecule has 1 unspecified atom stereocenters. The highest BCUT2D eigenvalue weighted by Gasteiger charge is 2.17. The summed E-state index contributed by atoms with van der Waals surface area (Å²) in [5, 5.41) is 0. The molecular weight excluding hydrogens is 360 g/mol. The predicted molar refractivity (Wildman–Crippen MR) is 70.7 cm³/mol. The first-order valence-corrected chi connectivity index (χ1v) is 7.60. The fourth-order valence-electron chi connectivity index (χ4n) is 1.00. The van der Waals surface area contributed by atoms with Gasteiger partial charge < -0.3 is 5.73 Å². The Kier molecular flexibility index (Phi) is 4.93. The summed E-state index contributed by atoms with van der Waals surface area (Å²) in [5.74, 6) is 0. The van der Waals surface area contributed by atoms with E-state index in [1.54, 1.807) is 19.1 Å². The molecule has 0 aromatic heterocycles. The van der Waals surface area contributed by atoms with Crippen molar-refractivity contribution in [2.24, 2.45) is 5.73 Å². The molecule has 1 aromatic rings. The van der Waals surface area contributed by atoms with Crippen LogP contribution in [0.2, 0.25) is 0 Å². The third-order valence-electron chi connectivity index (χ3n) is 1.78. The van der Waals surface area contributed by atoms with Crippen molar-refractivity contribution in [1.29, 1.82) is 0 Å². The van der Waals surface area contributed by atoms with Crippen LogP contribution in [0.1, 0.15) is 6.92 Å². The average molecular weight is 372 g/mol. The number of hydrogen-bond acceptors (Lipinski definition) is 3. The molecule has 0 fully saturated rings. The summed E-state index contributed by atoms with van der Waals surface area (Å²) in [6, 6.07) is 4.74. The summed E-state index contributed by atoms with van der Waals surface area (Å²) in [5.41, 5.74) is 5.50. The van der Waals surface area contributed by atoms with E-state index in [4.69, 9.17) is 5.73 Å². The highest BCUT2D eigenvalue weighted by molar-refractivity contribution is 9.11. The second kappa shape index (κ2) is 5.59. The van der Waals surface area contributed by atoms with Gasteiger partial charge in [-0.3, -0.25) is 0 Å². The molecule has 0 spiro atoms. The van der Waals surface area contributed by atoms with E-state index in [2.05, 4.69) is 36.6 Å². The van der Waals surface area contributed by atoms with Gasteiger partial charge in [-0.05, 0) is 41.1 Å². The number of hydrogen-bond donors (Lipinski definition) is 2. The van der Waals surface area contributed by atoms with Gasteiger partial charge in [0.2, 0.25) is 10.0 Å². The molecule has 1 aromatic carbocycles. The topological polar surface area (TPSA) is 72.2 Å². The molecule has 0 amide bonds. The lowest BCUT2D eigenvalue weighted by atomic mass is 10.4. The van der Waals surface area contributed by atoms with Crippen molar-refractivity contribution >= 4 is 41.9 Å². The van der Waals surface area contributed by atoms with Crippen LogP contribution in [0.25, 0.3) is 0 Å². The lowest BCUT2D eigenvalue weighted by molar-refractivity contribution is 0.573. The third kappa shape index (κ3) is 3.81. The molecule has 7 heteroatoms. The molecule has 0 radical (unpaired) electrons. The first kappa shape index (κ1) is 14.1. The molecule has 0 bridgehead atoms. The van der Waals surface area contributed by atoms with Crippen LogP contribution in [0.3, 0.4) is 0 Å². The van der Waals surface area contributed by atoms with Gasteiger partial charge in [-0.2, -0.15) is 0 Å². The van der Waals surface area contributed by atoms with Gasteiger partial charge in [-0.1, -0.05) is 15.9 Å². The Morgan fingerprint density at radius 1 is 1.44 bits per heavy atom. The molecule has 0 saturated heterocycles. The van der Waals surface area contributed by atoms with Crippen molar-refractivity contribution in [3.8, 4) is 0 Å². The Morgan fingerprint density at radius 3 is 2.62 bits per heavy atom. The third-order valence-corrected chi connectivity index (χ3v) is 4.69. The maximum Gasteiger partial charge on any atom is 0.241 e. The summed E-state index contributed by atoms with van der Waals surface area (Å²) in [6.45, 7) is 1.94. The fourth-order valence-corrected chi connectivity index (χ4v) is 3.65. The van der Waals surface area contributed by atoms with Crippen LogP contribution in [-0.2, 0) is 10.0 Å². The normalized spacial score (nSPS) is 13.8. The molecule has 16 heavy (non-hydrogen) atoms. The van der Waals surface area contributed by atoms with E-state index in [0.717, 1.165) is 0 Å². The number of sulfonamides is 1. The standard InChI is InChI=1S/C9H12Br2N2O2S/c1-6(12)5-13-16(14,15)9-4-7(10)2-3-8(9)11/h2-4,6,13H,5,12H2,1H3. The summed E-state index contributed by atoms with van der Waals surface area (Å²) < 4.78 is 27.5. The maximum absolute atomic E-state index is 11.9. The van der Waals surface area contributed by atoms with Crippen LogP contribution < -0.4 is 10.5 Å². The van der Waals surface area contributed by atoms with Crippen LogP contribution in [0.5, 0.6) is 0 Å². The molecule has 3 N–H and O–H groups in total. The smallest absolute Gasteiger partial charge is 0.241 e. The maximum atomic E-state index is 11.9. The molecule has 1 atom stereocenters. The van der Waals surface area contributed by atoms with E-state index in [0.29, 0.717) is 8.95 Å². The van der Waals surface area contributed by atoms with Gasteiger partial charge in [0.1, 0.15) is 0 Å². The molecular formula is C9H12Br2N2O2S. The Bertz CT molecular complexity index is 474. The number of benzene rings is 1. The van der Waals surface area contributed by atoms with Crippen molar-refractivity contribution in [2.75, 3.05) is 6.54 Å². The fraction of sp³-hybridized carbons (Fsp3) is 0.333. The largest absolute Gasteiger partial charge is 0.327 e. The summed E-state index contributed by atoms with van der Waals surface area (Å²) >= 11 is 6.43. The van der Waals surface area contributed by atoms with Crippen molar-refractivity contribution in [3.63, 3.8) is 0 Å². The van der Waals surface area contributed by atoms with Crippen LogP contribution in [-0.4, -0.2) is 21.0 Å². The number of nitrogens with one attached hydrogen (secondary N) is 1. The van der Waals surface area contributed by atoms with Crippen molar-refractivity contribution in [1.82, 2.24) is 4.72 Å². The van der Waals surface area contributed by atoms with Gasteiger partial charge in [0.25, 0.3) is 0 Å². The average Bonchev–Trinajstić information content (AvgIpc) is 2.19. The minimum absolute atomic E-state index is 0.197. The Morgan fingerprint density at radius 2 is 2.06 bits per heavy atom.